The van der Waals surface area contributed by atoms with Gasteiger partial charge in [-0.2, -0.15) is 5.26 Å². The fourth-order valence-corrected chi connectivity index (χ4v) is 3.97. The highest BCUT2D eigenvalue weighted by Gasteiger charge is 2.39. The van der Waals surface area contributed by atoms with Crippen molar-refractivity contribution in [3.8, 4) is 6.07 Å². The Hall–Kier alpha value is -3.04. The molecule has 0 spiro atoms. The van der Waals surface area contributed by atoms with Gasteiger partial charge in [0.05, 0.1) is 18.1 Å². The van der Waals surface area contributed by atoms with Crippen LogP contribution in [0.5, 0.6) is 0 Å². The lowest BCUT2D eigenvalue weighted by molar-refractivity contribution is -0.138. The normalized spacial score (nSPS) is 16.9. The van der Waals surface area contributed by atoms with Crippen molar-refractivity contribution in [2.75, 3.05) is 6.61 Å². The van der Waals surface area contributed by atoms with Gasteiger partial charge in [0.15, 0.2) is 0 Å². The van der Waals surface area contributed by atoms with Gasteiger partial charge in [-0.3, -0.25) is 0 Å². The van der Waals surface area contributed by atoms with Crippen molar-refractivity contribution < 1.29 is 14.3 Å². The molecule has 1 aliphatic heterocycles. The van der Waals surface area contributed by atoms with Crippen molar-refractivity contribution in [1.82, 2.24) is 0 Å². The van der Waals surface area contributed by atoms with E-state index in [9.17, 15) is 10.1 Å². The van der Waals surface area contributed by atoms with Gasteiger partial charge in [-0.05, 0) is 30.9 Å². The summed E-state index contributed by atoms with van der Waals surface area (Å²) in [5.41, 5.74) is 8.26. The van der Waals surface area contributed by atoms with E-state index in [1.807, 2.05) is 48.7 Å². The number of allylic oxidation sites excluding steroid dienone is 1. The number of carbonyl (C=O) groups excluding carboxylic acids is 1. The van der Waals surface area contributed by atoms with Gasteiger partial charge in [0.25, 0.3) is 0 Å². The second-order valence-corrected chi connectivity index (χ2v) is 6.67. The third-order valence-electron chi connectivity index (χ3n) is 4.12. The Morgan fingerprint density at radius 3 is 2.65 bits per heavy atom. The molecule has 6 heteroatoms. The zero-order valence-corrected chi connectivity index (χ0v) is 15.3. The SMILES string of the molecule is CCOC(=O)C1=C(c2ccccc2)OC(N)=C(C#N)C1c1sccc1C. The molecule has 3 rings (SSSR count). The molecule has 0 radical (unpaired) electrons. The summed E-state index contributed by atoms with van der Waals surface area (Å²) in [6, 6.07) is 13.3. The number of nitrogens with zero attached hydrogens (tertiary/aromatic N) is 1. The molecule has 0 fully saturated rings. The minimum absolute atomic E-state index is 0.0113. The van der Waals surface area contributed by atoms with Crippen LogP contribution in [0.4, 0.5) is 0 Å². The molecule has 1 atom stereocenters. The van der Waals surface area contributed by atoms with Crippen LogP contribution in [-0.2, 0) is 14.3 Å². The van der Waals surface area contributed by atoms with E-state index in [1.165, 1.54) is 11.3 Å². The average molecular weight is 366 g/mol. The third kappa shape index (κ3) is 3.09. The zero-order valence-electron chi connectivity index (χ0n) is 14.5. The molecular weight excluding hydrogens is 348 g/mol. The molecule has 2 heterocycles. The monoisotopic (exact) mass is 366 g/mol. The summed E-state index contributed by atoms with van der Waals surface area (Å²) in [4.78, 5) is 13.7. The summed E-state index contributed by atoms with van der Waals surface area (Å²) in [7, 11) is 0. The molecule has 26 heavy (non-hydrogen) atoms. The van der Waals surface area contributed by atoms with Crippen LogP contribution in [0, 0.1) is 18.3 Å². The number of hydrogen-bond acceptors (Lipinski definition) is 6. The van der Waals surface area contributed by atoms with Gasteiger partial charge in [0.2, 0.25) is 5.88 Å². The predicted octanol–water partition coefficient (Wildman–Crippen LogP) is 3.84. The van der Waals surface area contributed by atoms with Crippen molar-refractivity contribution in [1.29, 1.82) is 5.26 Å². The van der Waals surface area contributed by atoms with E-state index in [0.717, 1.165) is 10.4 Å². The Balaban J connectivity index is 2.28. The minimum atomic E-state index is -0.608. The highest BCUT2D eigenvalue weighted by atomic mass is 32.1. The molecule has 1 aromatic heterocycles. The second-order valence-electron chi connectivity index (χ2n) is 5.72. The number of thiophene rings is 1. The maximum Gasteiger partial charge on any atom is 0.338 e. The highest BCUT2D eigenvalue weighted by Crippen LogP contribution is 2.45. The van der Waals surface area contributed by atoms with Crippen molar-refractivity contribution >= 4 is 23.1 Å². The predicted molar refractivity (Wildman–Crippen MR) is 99.7 cm³/mol. The first kappa shape index (κ1) is 17.8. The van der Waals surface area contributed by atoms with E-state index >= 15 is 0 Å². The molecule has 2 aromatic rings. The van der Waals surface area contributed by atoms with Crippen LogP contribution >= 0.6 is 11.3 Å². The lowest BCUT2D eigenvalue weighted by atomic mass is 9.85. The molecule has 1 aromatic carbocycles. The number of nitrogens with two attached hydrogens (primary N) is 1. The fraction of sp³-hybridized carbons (Fsp3) is 0.200. The molecular formula is C20H18N2O3S. The first-order chi connectivity index (χ1) is 12.6. The standard InChI is InChI=1S/C20H18N2O3S/c1-3-24-20(23)16-15(18-12(2)9-10-26-18)14(11-21)19(22)25-17(16)13-7-5-4-6-8-13/h4-10,15H,3,22H2,1-2H3. The Labute approximate surface area is 156 Å². The number of carbonyl (C=O) groups is 1. The number of ether oxygens (including phenoxy) is 2. The maximum atomic E-state index is 12.8. The van der Waals surface area contributed by atoms with Crippen LogP contribution in [0.1, 0.15) is 28.8 Å². The highest BCUT2D eigenvalue weighted by molar-refractivity contribution is 7.10. The second kappa shape index (κ2) is 7.46. The van der Waals surface area contributed by atoms with Gasteiger partial charge >= 0.3 is 5.97 Å². The van der Waals surface area contributed by atoms with Crippen LogP contribution in [-0.4, -0.2) is 12.6 Å². The molecule has 5 nitrogen and oxygen atoms in total. The summed E-state index contributed by atoms with van der Waals surface area (Å²) in [5.74, 6) is -0.775. The maximum absolute atomic E-state index is 12.8. The topological polar surface area (TPSA) is 85.3 Å². The summed E-state index contributed by atoms with van der Waals surface area (Å²) in [6.45, 7) is 3.91. The molecule has 0 saturated carbocycles. The number of benzene rings is 1. The van der Waals surface area contributed by atoms with Crippen molar-refractivity contribution in [3.63, 3.8) is 0 Å². The van der Waals surface area contributed by atoms with Crippen LogP contribution in [0.25, 0.3) is 5.76 Å². The lowest BCUT2D eigenvalue weighted by Crippen LogP contribution is -2.25. The fourth-order valence-electron chi connectivity index (χ4n) is 2.92. The van der Waals surface area contributed by atoms with Gasteiger partial charge in [0.1, 0.15) is 17.4 Å². The lowest BCUT2D eigenvalue weighted by Gasteiger charge is -2.28. The average Bonchev–Trinajstić information content (AvgIpc) is 3.07. The van der Waals surface area contributed by atoms with E-state index in [0.29, 0.717) is 16.9 Å². The van der Waals surface area contributed by atoms with Crippen LogP contribution in [0.15, 0.2) is 58.8 Å². The van der Waals surface area contributed by atoms with Gasteiger partial charge in [-0.25, -0.2) is 4.79 Å². The molecule has 1 unspecified atom stereocenters. The molecule has 0 aliphatic carbocycles. The Morgan fingerprint density at radius 2 is 2.08 bits per heavy atom. The first-order valence-corrected chi connectivity index (χ1v) is 9.04. The molecule has 1 aliphatic rings. The van der Waals surface area contributed by atoms with Crippen LogP contribution < -0.4 is 5.73 Å². The molecule has 0 saturated heterocycles. The number of rotatable bonds is 4. The summed E-state index contributed by atoms with van der Waals surface area (Å²) in [5, 5.41) is 11.6. The van der Waals surface area contributed by atoms with E-state index in [-0.39, 0.29) is 18.1 Å². The number of aryl methyl sites for hydroxylation is 1. The number of hydrogen-bond donors (Lipinski definition) is 1. The van der Waals surface area contributed by atoms with E-state index in [2.05, 4.69) is 6.07 Å². The van der Waals surface area contributed by atoms with Crippen molar-refractivity contribution in [3.05, 3.63) is 74.8 Å². The molecule has 0 bridgehead atoms. The van der Waals surface area contributed by atoms with Gasteiger partial charge in [0, 0.05) is 10.4 Å². The quantitative estimate of drug-likeness (QED) is 0.831. The van der Waals surface area contributed by atoms with Crippen LogP contribution in [0.2, 0.25) is 0 Å². The summed E-state index contributed by atoms with van der Waals surface area (Å²) in [6.07, 6.45) is 0. The summed E-state index contributed by atoms with van der Waals surface area (Å²) < 4.78 is 11.0. The smallest absolute Gasteiger partial charge is 0.338 e. The van der Waals surface area contributed by atoms with E-state index in [4.69, 9.17) is 15.2 Å². The first-order valence-electron chi connectivity index (χ1n) is 8.16. The Kier molecular flexibility index (Phi) is 5.10. The van der Waals surface area contributed by atoms with Gasteiger partial charge in [-0.15, -0.1) is 11.3 Å². The van der Waals surface area contributed by atoms with E-state index < -0.39 is 11.9 Å². The van der Waals surface area contributed by atoms with E-state index in [1.54, 1.807) is 6.92 Å². The van der Waals surface area contributed by atoms with Crippen LogP contribution in [0.3, 0.4) is 0 Å². The largest absolute Gasteiger partial charge is 0.463 e. The number of esters is 1. The molecule has 0 amide bonds. The third-order valence-corrected chi connectivity index (χ3v) is 5.20. The summed E-state index contributed by atoms with van der Waals surface area (Å²) >= 11 is 1.48. The van der Waals surface area contributed by atoms with Gasteiger partial charge < -0.3 is 15.2 Å². The number of nitriles is 1. The molecule has 132 valence electrons. The Bertz CT molecular complexity index is 935. The van der Waals surface area contributed by atoms with Crippen molar-refractivity contribution in [2.24, 2.45) is 5.73 Å². The van der Waals surface area contributed by atoms with Crippen molar-refractivity contribution in [2.45, 2.75) is 19.8 Å². The zero-order chi connectivity index (χ0) is 18.7. The Morgan fingerprint density at radius 1 is 1.35 bits per heavy atom. The molecule has 2 N–H and O–H groups in total. The van der Waals surface area contributed by atoms with Gasteiger partial charge in [-0.1, -0.05) is 30.3 Å². The minimum Gasteiger partial charge on any atom is -0.463 e.